The Hall–Kier alpha value is -1.26. The highest BCUT2D eigenvalue weighted by Gasteiger charge is 2.33. The van der Waals surface area contributed by atoms with Crippen LogP contribution in [0.3, 0.4) is 0 Å². The van der Waals surface area contributed by atoms with Crippen molar-refractivity contribution in [3.63, 3.8) is 0 Å². The molecule has 1 aliphatic rings. The first-order valence-electron chi connectivity index (χ1n) is 5.99. The van der Waals surface area contributed by atoms with Crippen molar-refractivity contribution < 1.29 is 19.4 Å². The van der Waals surface area contributed by atoms with Gasteiger partial charge in [-0.15, -0.1) is 0 Å². The number of nitrogens with one attached hydrogen (secondary N) is 1. The first kappa shape index (κ1) is 13.8. The summed E-state index contributed by atoms with van der Waals surface area (Å²) in [6, 6.07) is 0.0733. The quantitative estimate of drug-likeness (QED) is 0.793. The first-order valence-corrected chi connectivity index (χ1v) is 5.99. The Labute approximate surface area is 102 Å². The molecule has 1 aliphatic carbocycles. The number of alkyl carbamates (subject to hydrolysis) is 1. The highest BCUT2D eigenvalue weighted by molar-refractivity contribution is 5.68. The minimum atomic E-state index is -0.784. The van der Waals surface area contributed by atoms with E-state index in [2.05, 4.69) is 5.32 Å². The molecule has 0 aromatic heterocycles. The normalized spacial score (nSPS) is 23.7. The van der Waals surface area contributed by atoms with E-state index >= 15 is 0 Å². The molecule has 1 rings (SSSR count). The molecular formula is C12H21NO4. The minimum absolute atomic E-state index is 0.0733. The van der Waals surface area contributed by atoms with E-state index < -0.39 is 17.7 Å². The number of rotatable bonds is 4. The molecule has 98 valence electrons. The molecule has 0 spiro atoms. The fourth-order valence-electron chi connectivity index (χ4n) is 1.87. The van der Waals surface area contributed by atoms with E-state index in [1.54, 1.807) is 0 Å². The van der Waals surface area contributed by atoms with Crippen molar-refractivity contribution in [2.75, 3.05) is 0 Å². The summed E-state index contributed by atoms with van der Waals surface area (Å²) >= 11 is 0. The number of amides is 1. The zero-order chi connectivity index (χ0) is 13.1. The number of aliphatic carboxylic acids is 1. The number of carboxylic acids is 1. The van der Waals surface area contributed by atoms with Crippen molar-refractivity contribution in [2.45, 2.75) is 58.1 Å². The van der Waals surface area contributed by atoms with Gasteiger partial charge in [-0.05, 0) is 46.0 Å². The van der Waals surface area contributed by atoms with Gasteiger partial charge in [0.15, 0.2) is 0 Å². The third kappa shape index (κ3) is 5.06. The maximum Gasteiger partial charge on any atom is 0.407 e. The lowest BCUT2D eigenvalue weighted by molar-refractivity contribution is -0.137. The molecule has 5 heteroatoms. The lowest BCUT2D eigenvalue weighted by Crippen LogP contribution is -2.48. The van der Waals surface area contributed by atoms with E-state index in [0.29, 0.717) is 6.42 Å². The maximum atomic E-state index is 11.5. The van der Waals surface area contributed by atoms with Crippen LogP contribution in [0.15, 0.2) is 0 Å². The van der Waals surface area contributed by atoms with Crippen molar-refractivity contribution in [3.8, 4) is 0 Å². The molecule has 1 amide bonds. The van der Waals surface area contributed by atoms with E-state index in [1.165, 1.54) is 0 Å². The molecule has 0 aromatic carbocycles. The highest BCUT2D eigenvalue weighted by Crippen LogP contribution is 2.31. The first-order chi connectivity index (χ1) is 7.78. The van der Waals surface area contributed by atoms with Crippen LogP contribution in [0.25, 0.3) is 0 Å². The lowest BCUT2D eigenvalue weighted by atomic mass is 9.77. The zero-order valence-corrected chi connectivity index (χ0v) is 10.7. The molecule has 0 radical (unpaired) electrons. The van der Waals surface area contributed by atoms with Gasteiger partial charge in [0.25, 0.3) is 0 Å². The molecule has 1 saturated carbocycles. The van der Waals surface area contributed by atoms with E-state index in [4.69, 9.17) is 9.84 Å². The van der Waals surface area contributed by atoms with Gasteiger partial charge >= 0.3 is 12.1 Å². The van der Waals surface area contributed by atoms with E-state index in [1.807, 2.05) is 20.8 Å². The minimum Gasteiger partial charge on any atom is -0.481 e. The lowest BCUT2D eigenvalue weighted by Gasteiger charge is -2.37. The van der Waals surface area contributed by atoms with Gasteiger partial charge in [0.2, 0.25) is 0 Å². The highest BCUT2D eigenvalue weighted by atomic mass is 16.6. The van der Waals surface area contributed by atoms with Crippen LogP contribution in [0.2, 0.25) is 0 Å². The average molecular weight is 243 g/mol. The zero-order valence-electron chi connectivity index (χ0n) is 10.7. The van der Waals surface area contributed by atoms with Gasteiger partial charge in [-0.1, -0.05) is 0 Å². The molecule has 0 aromatic rings. The van der Waals surface area contributed by atoms with Gasteiger partial charge in [0.05, 0.1) is 0 Å². The Balaban J connectivity index is 2.27. The molecule has 2 unspecified atom stereocenters. The predicted octanol–water partition coefficient (Wildman–Crippen LogP) is 2.15. The number of carbonyl (C=O) groups excluding carboxylic acids is 1. The number of carboxylic acid groups (broad SMARTS) is 1. The Morgan fingerprint density at radius 2 is 2.00 bits per heavy atom. The van der Waals surface area contributed by atoms with Crippen LogP contribution in [-0.4, -0.2) is 28.8 Å². The molecule has 0 aliphatic heterocycles. The van der Waals surface area contributed by atoms with Crippen molar-refractivity contribution in [3.05, 3.63) is 0 Å². The Morgan fingerprint density at radius 1 is 1.35 bits per heavy atom. The van der Waals surface area contributed by atoms with Crippen LogP contribution >= 0.6 is 0 Å². The molecule has 0 bridgehead atoms. The molecular weight excluding hydrogens is 222 g/mol. The molecule has 2 atom stereocenters. The number of carbonyl (C=O) groups is 2. The second kappa shape index (κ2) is 5.38. The largest absolute Gasteiger partial charge is 0.481 e. The number of ether oxygens (including phenoxy) is 1. The number of hydrogen-bond acceptors (Lipinski definition) is 3. The second-order valence-corrected chi connectivity index (χ2v) is 5.52. The van der Waals surface area contributed by atoms with Crippen LogP contribution < -0.4 is 5.32 Å². The summed E-state index contributed by atoms with van der Waals surface area (Å²) in [6.45, 7) is 5.44. The van der Waals surface area contributed by atoms with Gasteiger partial charge < -0.3 is 15.2 Å². The average Bonchev–Trinajstić information content (AvgIpc) is 2.09. The smallest absolute Gasteiger partial charge is 0.407 e. The summed E-state index contributed by atoms with van der Waals surface area (Å²) in [6.07, 6.45) is 2.26. The van der Waals surface area contributed by atoms with Crippen LogP contribution in [0, 0.1) is 5.92 Å². The summed E-state index contributed by atoms with van der Waals surface area (Å²) in [4.78, 5) is 21.9. The van der Waals surface area contributed by atoms with Crippen LogP contribution in [0.4, 0.5) is 4.79 Å². The van der Waals surface area contributed by atoms with E-state index in [0.717, 1.165) is 12.8 Å². The Bertz CT molecular complexity index is 295. The van der Waals surface area contributed by atoms with Crippen LogP contribution in [0.5, 0.6) is 0 Å². The molecule has 5 nitrogen and oxygen atoms in total. The Kier molecular flexibility index (Phi) is 4.37. The van der Waals surface area contributed by atoms with Crippen molar-refractivity contribution >= 4 is 12.1 Å². The molecule has 2 N–H and O–H groups in total. The van der Waals surface area contributed by atoms with E-state index in [-0.39, 0.29) is 18.4 Å². The Morgan fingerprint density at radius 3 is 2.41 bits per heavy atom. The van der Waals surface area contributed by atoms with Crippen LogP contribution in [-0.2, 0) is 9.53 Å². The van der Waals surface area contributed by atoms with Crippen molar-refractivity contribution in [1.82, 2.24) is 5.32 Å². The third-order valence-electron chi connectivity index (χ3n) is 2.85. The molecule has 0 saturated heterocycles. The fourth-order valence-corrected chi connectivity index (χ4v) is 1.87. The van der Waals surface area contributed by atoms with E-state index in [9.17, 15) is 9.59 Å². The summed E-state index contributed by atoms with van der Waals surface area (Å²) in [7, 11) is 0. The van der Waals surface area contributed by atoms with Gasteiger partial charge in [0, 0.05) is 12.5 Å². The molecule has 17 heavy (non-hydrogen) atoms. The third-order valence-corrected chi connectivity index (χ3v) is 2.85. The summed E-state index contributed by atoms with van der Waals surface area (Å²) in [5.41, 5.74) is -0.496. The fraction of sp³-hybridized carbons (Fsp3) is 0.833. The van der Waals surface area contributed by atoms with Gasteiger partial charge in [-0.25, -0.2) is 4.79 Å². The monoisotopic (exact) mass is 243 g/mol. The maximum absolute atomic E-state index is 11.5. The van der Waals surface area contributed by atoms with Crippen molar-refractivity contribution in [1.29, 1.82) is 0 Å². The van der Waals surface area contributed by atoms with Crippen LogP contribution in [0.1, 0.15) is 46.5 Å². The predicted molar refractivity (Wildman–Crippen MR) is 62.8 cm³/mol. The summed E-state index contributed by atoms with van der Waals surface area (Å²) in [5, 5.41) is 11.4. The van der Waals surface area contributed by atoms with Gasteiger partial charge in [-0.2, -0.15) is 0 Å². The molecule has 0 heterocycles. The summed E-state index contributed by atoms with van der Waals surface area (Å²) in [5.74, 6) is -0.508. The van der Waals surface area contributed by atoms with Crippen molar-refractivity contribution in [2.24, 2.45) is 5.92 Å². The topological polar surface area (TPSA) is 75.6 Å². The van der Waals surface area contributed by atoms with Gasteiger partial charge in [0.1, 0.15) is 5.60 Å². The summed E-state index contributed by atoms with van der Waals surface area (Å²) < 4.78 is 5.15. The standard InChI is InChI=1S/C12H21NO4/c1-12(2,3)17-11(16)13-9-6-4-8(9)5-7-10(14)15/h8-9H,4-7H2,1-3H3,(H,13,16)(H,14,15). The number of hydrogen-bond donors (Lipinski definition) is 2. The second-order valence-electron chi connectivity index (χ2n) is 5.52. The molecule has 1 fully saturated rings. The SMILES string of the molecule is CC(C)(C)OC(=O)NC1CCC1CCC(=O)O. The van der Waals surface area contributed by atoms with Gasteiger partial charge in [-0.3, -0.25) is 4.79 Å².